The lowest BCUT2D eigenvalue weighted by atomic mass is 10.1. The van der Waals surface area contributed by atoms with Crippen LogP contribution in [0.5, 0.6) is 0 Å². The van der Waals surface area contributed by atoms with Gasteiger partial charge in [-0.15, -0.1) is 5.73 Å². The van der Waals surface area contributed by atoms with Crippen LogP contribution in [0.1, 0.15) is 19.3 Å². The molecule has 1 rings (SSSR count). The van der Waals surface area contributed by atoms with Crippen LogP contribution in [0.15, 0.2) is 17.5 Å². The second kappa shape index (κ2) is 1.85. The Kier molecular flexibility index (Phi) is 1.19. The Hall–Kier alpha value is -0.680. The van der Waals surface area contributed by atoms with Crippen LogP contribution in [0.2, 0.25) is 0 Å². The van der Waals surface area contributed by atoms with Gasteiger partial charge in [0.15, 0.2) is 0 Å². The molecule has 0 saturated heterocycles. The molecular formula is C6H9N. The summed E-state index contributed by atoms with van der Waals surface area (Å²) >= 11 is 0. The second-order valence-electron chi connectivity index (χ2n) is 1.77. The van der Waals surface area contributed by atoms with Gasteiger partial charge < -0.3 is 5.73 Å². The van der Waals surface area contributed by atoms with Crippen molar-refractivity contribution in [3.8, 4) is 0 Å². The summed E-state index contributed by atoms with van der Waals surface area (Å²) in [6, 6.07) is 0. The van der Waals surface area contributed by atoms with Crippen LogP contribution in [0.25, 0.3) is 0 Å². The lowest BCUT2D eigenvalue weighted by Crippen LogP contribution is -1.96. The van der Waals surface area contributed by atoms with Gasteiger partial charge in [0.05, 0.1) is 5.70 Å². The Morgan fingerprint density at radius 2 is 2.57 bits per heavy atom. The highest BCUT2D eigenvalue weighted by Gasteiger charge is 1.91. The Morgan fingerprint density at radius 3 is 2.86 bits per heavy atom. The SMILES string of the molecule is NC1=C=CCCC1. The molecule has 0 spiro atoms. The minimum Gasteiger partial charge on any atom is -0.396 e. The van der Waals surface area contributed by atoms with Crippen LogP contribution < -0.4 is 5.73 Å². The van der Waals surface area contributed by atoms with E-state index in [1.165, 1.54) is 6.42 Å². The summed E-state index contributed by atoms with van der Waals surface area (Å²) in [5.41, 5.74) is 9.27. The van der Waals surface area contributed by atoms with Crippen molar-refractivity contribution in [2.45, 2.75) is 19.3 Å². The lowest BCUT2D eigenvalue weighted by molar-refractivity contribution is 0.807. The van der Waals surface area contributed by atoms with E-state index < -0.39 is 0 Å². The fourth-order valence-electron chi connectivity index (χ4n) is 0.670. The predicted octanol–water partition coefficient (Wildman–Crippen LogP) is 1.17. The normalized spacial score (nSPS) is 19.1. The zero-order valence-electron chi connectivity index (χ0n) is 4.28. The maximum atomic E-state index is 5.41. The molecule has 0 unspecified atom stereocenters. The second-order valence-corrected chi connectivity index (χ2v) is 1.77. The van der Waals surface area contributed by atoms with E-state index >= 15 is 0 Å². The highest BCUT2D eigenvalue weighted by atomic mass is 14.6. The Morgan fingerprint density at radius 1 is 1.71 bits per heavy atom. The first-order valence-electron chi connectivity index (χ1n) is 2.59. The van der Waals surface area contributed by atoms with Gasteiger partial charge in [-0.25, -0.2) is 0 Å². The van der Waals surface area contributed by atoms with Crippen molar-refractivity contribution in [1.82, 2.24) is 0 Å². The summed E-state index contributed by atoms with van der Waals surface area (Å²) < 4.78 is 0. The summed E-state index contributed by atoms with van der Waals surface area (Å²) in [5.74, 6) is 0. The Balaban J connectivity index is 2.68. The topological polar surface area (TPSA) is 26.0 Å². The Labute approximate surface area is 43.5 Å². The van der Waals surface area contributed by atoms with Gasteiger partial charge in [0.2, 0.25) is 0 Å². The monoisotopic (exact) mass is 95.1 g/mol. The zero-order valence-corrected chi connectivity index (χ0v) is 4.28. The molecule has 1 aliphatic rings. The molecule has 7 heavy (non-hydrogen) atoms. The van der Waals surface area contributed by atoms with Crippen LogP contribution in [-0.4, -0.2) is 0 Å². The fraction of sp³-hybridized carbons (Fsp3) is 0.500. The fourth-order valence-corrected chi connectivity index (χ4v) is 0.670. The van der Waals surface area contributed by atoms with E-state index in [-0.39, 0.29) is 0 Å². The minimum atomic E-state index is 0.909. The first-order valence-corrected chi connectivity index (χ1v) is 2.59. The molecule has 1 nitrogen and oxygen atoms in total. The zero-order chi connectivity index (χ0) is 5.11. The number of hydrogen-bond donors (Lipinski definition) is 1. The molecule has 38 valence electrons. The van der Waals surface area contributed by atoms with Crippen molar-refractivity contribution in [3.05, 3.63) is 17.5 Å². The number of rotatable bonds is 0. The van der Waals surface area contributed by atoms with E-state index in [0.29, 0.717) is 0 Å². The molecule has 1 aliphatic carbocycles. The maximum Gasteiger partial charge on any atom is 0.0508 e. The smallest absolute Gasteiger partial charge is 0.0508 e. The quantitative estimate of drug-likeness (QED) is 0.449. The molecule has 0 aliphatic heterocycles. The third kappa shape index (κ3) is 1.09. The number of hydrogen-bond acceptors (Lipinski definition) is 1. The van der Waals surface area contributed by atoms with Gasteiger partial charge in [-0.2, -0.15) is 0 Å². The highest BCUT2D eigenvalue weighted by Crippen LogP contribution is 2.05. The standard InChI is InChI=1S/C6H9N/c7-6-4-2-1-3-5-6/h2H,1,3,5,7H2. The van der Waals surface area contributed by atoms with Crippen LogP contribution >= 0.6 is 0 Å². The van der Waals surface area contributed by atoms with E-state index in [2.05, 4.69) is 5.73 Å². The molecule has 0 amide bonds. The van der Waals surface area contributed by atoms with Gasteiger partial charge in [-0.05, 0) is 25.3 Å². The summed E-state index contributed by atoms with van der Waals surface area (Å²) in [4.78, 5) is 0. The van der Waals surface area contributed by atoms with E-state index in [9.17, 15) is 0 Å². The van der Waals surface area contributed by atoms with Crippen molar-refractivity contribution < 1.29 is 0 Å². The van der Waals surface area contributed by atoms with Crippen LogP contribution in [-0.2, 0) is 0 Å². The third-order valence-electron chi connectivity index (χ3n) is 1.08. The van der Waals surface area contributed by atoms with Crippen molar-refractivity contribution in [1.29, 1.82) is 0 Å². The molecule has 0 aromatic rings. The molecule has 0 atom stereocenters. The van der Waals surface area contributed by atoms with E-state index in [0.717, 1.165) is 18.5 Å². The summed E-state index contributed by atoms with van der Waals surface area (Å²) in [6.07, 6.45) is 5.40. The highest BCUT2D eigenvalue weighted by molar-refractivity contribution is 5.00. The molecular weight excluding hydrogens is 86.1 g/mol. The summed E-state index contributed by atoms with van der Waals surface area (Å²) in [6.45, 7) is 0. The predicted molar refractivity (Wildman–Crippen MR) is 29.6 cm³/mol. The van der Waals surface area contributed by atoms with Crippen LogP contribution in [0, 0.1) is 0 Å². The van der Waals surface area contributed by atoms with E-state index in [1.54, 1.807) is 0 Å². The average molecular weight is 95.1 g/mol. The van der Waals surface area contributed by atoms with E-state index in [1.807, 2.05) is 6.08 Å². The molecule has 0 aromatic heterocycles. The molecule has 2 N–H and O–H groups in total. The average Bonchev–Trinajstić information content (AvgIpc) is 1.69. The molecule has 0 heterocycles. The summed E-state index contributed by atoms with van der Waals surface area (Å²) in [5, 5.41) is 0. The minimum absolute atomic E-state index is 0.909. The molecule has 0 fully saturated rings. The van der Waals surface area contributed by atoms with Gasteiger partial charge in [0.1, 0.15) is 0 Å². The number of allylic oxidation sites excluding steroid dienone is 1. The Bertz CT molecular complexity index is 118. The first-order chi connectivity index (χ1) is 3.39. The third-order valence-corrected chi connectivity index (χ3v) is 1.08. The van der Waals surface area contributed by atoms with Gasteiger partial charge >= 0.3 is 0 Å². The molecule has 0 saturated carbocycles. The van der Waals surface area contributed by atoms with Gasteiger partial charge in [-0.1, -0.05) is 0 Å². The summed E-state index contributed by atoms with van der Waals surface area (Å²) in [7, 11) is 0. The van der Waals surface area contributed by atoms with Gasteiger partial charge in [-0.3, -0.25) is 0 Å². The van der Waals surface area contributed by atoms with Crippen molar-refractivity contribution in [2.24, 2.45) is 5.73 Å². The molecule has 0 radical (unpaired) electrons. The van der Waals surface area contributed by atoms with Gasteiger partial charge in [0, 0.05) is 0 Å². The first kappa shape index (κ1) is 4.48. The van der Waals surface area contributed by atoms with Crippen molar-refractivity contribution in [3.63, 3.8) is 0 Å². The van der Waals surface area contributed by atoms with Crippen molar-refractivity contribution >= 4 is 0 Å². The van der Waals surface area contributed by atoms with Gasteiger partial charge in [0.25, 0.3) is 0 Å². The van der Waals surface area contributed by atoms with E-state index in [4.69, 9.17) is 5.73 Å². The van der Waals surface area contributed by atoms with Crippen molar-refractivity contribution in [2.75, 3.05) is 0 Å². The van der Waals surface area contributed by atoms with Crippen LogP contribution in [0.4, 0.5) is 0 Å². The van der Waals surface area contributed by atoms with Crippen LogP contribution in [0.3, 0.4) is 0 Å². The molecule has 1 heteroatoms. The number of nitrogens with two attached hydrogens (primary N) is 1. The largest absolute Gasteiger partial charge is 0.396 e. The maximum absolute atomic E-state index is 5.41. The lowest BCUT2D eigenvalue weighted by Gasteiger charge is -1.98. The molecule has 0 aromatic carbocycles. The molecule has 0 bridgehead atoms.